The lowest BCUT2D eigenvalue weighted by Gasteiger charge is -2.37. The number of hydrogen-bond donors (Lipinski definition) is 4. The molecule has 0 bridgehead atoms. The number of benzene rings is 1. The van der Waals surface area contributed by atoms with Crippen LogP contribution in [-0.4, -0.2) is 46.0 Å². The van der Waals surface area contributed by atoms with Gasteiger partial charge in [-0.25, -0.2) is 0 Å². The third kappa shape index (κ3) is 5.11. The van der Waals surface area contributed by atoms with E-state index in [-0.39, 0.29) is 18.3 Å². The summed E-state index contributed by atoms with van der Waals surface area (Å²) in [6, 6.07) is 7.59. The predicted molar refractivity (Wildman–Crippen MR) is 111 cm³/mol. The van der Waals surface area contributed by atoms with Gasteiger partial charge in [0.15, 0.2) is 4.99 Å². The average Bonchev–Trinajstić information content (AvgIpc) is 2.96. The van der Waals surface area contributed by atoms with E-state index >= 15 is 0 Å². The van der Waals surface area contributed by atoms with Crippen molar-refractivity contribution in [3.63, 3.8) is 0 Å². The van der Waals surface area contributed by atoms with E-state index in [0.29, 0.717) is 6.54 Å². The van der Waals surface area contributed by atoms with Crippen LogP contribution >= 0.6 is 11.8 Å². The number of anilines is 2. The molecule has 4 N–H and O–H groups in total. The van der Waals surface area contributed by atoms with E-state index in [4.69, 9.17) is 4.74 Å². The highest BCUT2D eigenvalue weighted by atomic mass is 32.2. The number of fused-ring (bicyclic) bond motifs is 1. The molecule has 28 heavy (non-hydrogen) atoms. The lowest BCUT2D eigenvalue weighted by atomic mass is 9.95. The molecule has 0 spiro atoms. The summed E-state index contributed by atoms with van der Waals surface area (Å²) in [5.74, 6) is -1.16. The summed E-state index contributed by atoms with van der Waals surface area (Å²) in [5, 5.41) is 19.0. The highest BCUT2D eigenvalue weighted by Crippen LogP contribution is 2.45. The second-order valence-corrected chi connectivity index (χ2v) is 9.81. The van der Waals surface area contributed by atoms with Crippen LogP contribution in [0.2, 0.25) is 0 Å². The zero-order chi connectivity index (χ0) is 20.4. The topological polar surface area (TPSA) is 99.7 Å². The number of carboxylic acid groups (broad SMARTS) is 1. The van der Waals surface area contributed by atoms with E-state index in [1.54, 1.807) is 0 Å². The average molecular weight is 408 g/mol. The summed E-state index contributed by atoms with van der Waals surface area (Å²) in [5.41, 5.74) is 1.07. The summed E-state index contributed by atoms with van der Waals surface area (Å²) in [6.45, 7) is 7.19. The Morgan fingerprint density at radius 3 is 2.43 bits per heavy atom. The van der Waals surface area contributed by atoms with Gasteiger partial charge < -0.3 is 25.8 Å². The molecule has 1 aromatic carbocycles. The van der Waals surface area contributed by atoms with E-state index in [0.717, 1.165) is 30.8 Å². The molecule has 2 aliphatic rings. The van der Waals surface area contributed by atoms with Gasteiger partial charge in [0.2, 0.25) is 0 Å². The Kier molecular flexibility index (Phi) is 6.09. The van der Waals surface area contributed by atoms with Gasteiger partial charge in [0.25, 0.3) is 0 Å². The van der Waals surface area contributed by atoms with Crippen molar-refractivity contribution in [1.82, 2.24) is 5.32 Å². The van der Waals surface area contributed by atoms with Crippen LogP contribution in [0.15, 0.2) is 24.3 Å². The van der Waals surface area contributed by atoms with Crippen LogP contribution in [0.5, 0.6) is 0 Å². The molecule has 154 valence electrons. The Bertz CT molecular complexity index is 703. The van der Waals surface area contributed by atoms with Crippen LogP contribution in [0.3, 0.4) is 0 Å². The van der Waals surface area contributed by atoms with E-state index in [1.165, 1.54) is 11.8 Å². The van der Waals surface area contributed by atoms with Gasteiger partial charge in [-0.3, -0.25) is 9.59 Å². The van der Waals surface area contributed by atoms with E-state index < -0.39 is 21.8 Å². The van der Waals surface area contributed by atoms with Crippen LogP contribution < -0.4 is 16.0 Å². The minimum absolute atomic E-state index is 0.0755. The molecule has 0 saturated carbocycles. The second-order valence-electron chi connectivity index (χ2n) is 8.37. The van der Waals surface area contributed by atoms with E-state index in [9.17, 15) is 14.7 Å². The molecule has 3 rings (SSSR count). The fourth-order valence-corrected chi connectivity index (χ4v) is 5.17. The molecule has 2 unspecified atom stereocenters. The maximum absolute atomic E-state index is 13.1. The van der Waals surface area contributed by atoms with Crippen molar-refractivity contribution in [2.45, 2.75) is 55.9 Å². The number of carbonyl (C=O) groups excluding carboxylic acids is 1. The van der Waals surface area contributed by atoms with Gasteiger partial charge in [-0.05, 0) is 64.8 Å². The quantitative estimate of drug-likeness (QED) is 0.534. The lowest BCUT2D eigenvalue weighted by molar-refractivity contribution is -0.155. The van der Waals surface area contributed by atoms with Crippen molar-refractivity contribution >= 4 is 35.1 Å². The van der Waals surface area contributed by atoms with Gasteiger partial charge in [0.05, 0.1) is 17.8 Å². The minimum Gasteiger partial charge on any atom is -0.481 e. The maximum atomic E-state index is 13.1. The lowest BCUT2D eigenvalue weighted by Crippen LogP contribution is -2.48. The summed E-state index contributed by atoms with van der Waals surface area (Å²) in [7, 11) is 0. The first kappa shape index (κ1) is 20.8. The maximum Gasteiger partial charge on any atom is 0.320 e. The van der Waals surface area contributed by atoms with Crippen molar-refractivity contribution in [3.05, 3.63) is 24.3 Å². The van der Waals surface area contributed by atoms with Crippen molar-refractivity contribution in [2.24, 2.45) is 5.92 Å². The van der Waals surface area contributed by atoms with Gasteiger partial charge in [-0.1, -0.05) is 23.9 Å². The molecule has 0 radical (unpaired) electrons. The minimum atomic E-state index is -1.01. The molecule has 1 fully saturated rings. The Balaban J connectivity index is 1.87. The summed E-state index contributed by atoms with van der Waals surface area (Å²) in [4.78, 5) is 23.7. The van der Waals surface area contributed by atoms with E-state index in [2.05, 4.69) is 16.0 Å². The fourth-order valence-electron chi connectivity index (χ4n) is 3.62. The molecule has 2 atom stereocenters. The molecular formula is C20H29N3O4S. The Morgan fingerprint density at radius 1 is 1.29 bits per heavy atom. The highest BCUT2D eigenvalue weighted by molar-refractivity contribution is 8.02. The zero-order valence-corrected chi connectivity index (χ0v) is 17.4. The molecule has 1 aromatic rings. The molecule has 0 aromatic heterocycles. The number of aliphatic carboxylic acids is 1. The highest BCUT2D eigenvalue weighted by Gasteiger charge is 2.46. The molecule has 7 nitrogen and oxygen atoms in total. The van der Waals surface area contributed by atoms with Crippen LogP contribution in [0.1, 0.15) is 40.0 Å². The van der Waals surface area contributed by atoms with Gasteiger partial charge in [0.1, 0.15) is 10.9 Å². The van der Waals surface area contributed by atoms with Crippen molar-refractivity contribution in [3.8, 4) is 0 Å². The Labute approximate surface area is 170 Å². The second kappa shape index (κ2) is 8.21. The normalized spacial score (nSPS) is 21.8. The number of esters is 1. The molecular weight excluding hydrogens is 378 g/mol. The number of nitrogens with one attached hydrogen (secondary N) is 3. The fraction of sp³-hybridized carbons (Fsp3) is 0.600. The summed E-state index contributed by atoms with van der Waals surface area (Å²) >= 11 is 1.32. The summed E-state index contributed by atoms with van der Waals surface area (Å²) in [6.07, 6.45) is 1.71. The number of thioether (sulfide) groups is 1. The first-order valence-corrected chi connectivity index (χ1v) is 10.5. The molecule has 8 heteroatoms. The molecule has 1 saturated heterocycles. The third-order valence-electron chi connectivity index (χ3n) is 4.73. The summed E-state index contributed by atoms with van der Waals surface area (Å²) < 4.78 is 5.70. The largest absolute Gasteiger partial charge is 0.481 e. The number of carboxylic acids is 1. The standard InChI is InChI=1S/C20H29N3O4S/c1-19(2,3)27-18(26)17(13-7-6-10-21-12-13)28-20(11-16(24)25)22-14-8-4-5-9-15(14)23-20/h4-5,8-9,13,17,21-23H,6-7,10-12H2,1-3H3,(H,24,25). The molecule has 0 amide bonds. The van der Waals surface area contributed by atoms with Crippen molar-refractivity contribution in [2.75, 3.05) is 23.7 Å². The van der Waals surface area contributed by atoms with Crippen LogP contribution in [-0.2, 0) is 14.3 Å². The number of piperidine rings is 1. The molecule has 2 heterocycles. The first-order chi connectivity index (χ1) is 13.2. The number of hydrogen-bond acceptors (Lipinski definition) is 7. The molecule has 2 aliphatic heterocycles. The number of rotatable bonds is 6. The van der Waals surface area contributed by atoms with Crippen LogP contribution in [0.4, 0.5) is 11.4 Å². The Hall–Kier alpha value is -1.93. The van der Waals surface area contributed by atoms with Gasteiger partial charge in [-0.15, -0.1) is 0 Å². The molecule has 0 aliphatic carbocycles. The zero-order valence-electron chi connectivity index (χ0n) is 16.6. The van der Waals surface area contributed by atoms with Crippen molar-refractivity contribution < 1.29 is 19.4 Å². The Morgan fingerprint density at radius 2 is 1.93 bits per heavy atom. The van der Waals surface area contributed by atoms with Gasteiger partial charge >= 0.3 is 11.9 Å². The third-order valence-corrected chi connectivity index (χ3v) is 6.31. The number of carbonyl (C=O) groups is 2. The smallest absolute Gasteiger partial charge is 0.320 e. The number of para-hydroxylation sites is 2. The van der Waals surface area contributed by atoms with Crippen LogP contribution in [0, 0.1) is 5.92 Å². The van der Waals surface area contributed by atoms with Crippen LogP contribution in [0.25, 0.3) is 0 Å². The van der Waals surface area contributed by atoms with Gasteiger partial charge in [-0.2, -0.15) is 0 Å². The SMILES string of the molecule is CC(C)(C)OC(=O)C(SC1(CC(=O)O)Nc2ccccc2N1)C1CCCNC1. The van der Waals surface area contributed by atoms with Gasteiger partial charge in [0, 0.05) is 0 Å². The first-order valence-electron chi connectivity index (χ1n) is 9.66. The van der Waals surface area contributed by atoms with Crippen molar-refractivity contribution in [1.29, 1.82) is 0 Å². The number of ether oxygens (including phenoxy) is 1. The van der Waals surface area contributed by atoms with E-state index in [1.807, 2.05) is 45.0 Å². The predicted octanol–water partition coefficient (Wildman–Crippen LogP) is 3.10. The monoisotopic (exact) mass is 407 g/mol.